The van der Waals surface area contributed by atoms with Gasteiger partial charge in [0.1, 0.15) is 0 Å². The summed E-state index contributed by atoms with van der Waals surface area (Å²) in [6.07, 6.45) is -0.0586. The third kappa shape index (κ3) is 6.21. The maximum atomic E-state index is 12.9. The van der Waals surface area contributed by atoms with E-state index in [0.717, 1.165) is 37.9 Å². The predicted molar refractivity (Wildman–Crippen MR) is 106 cm³/mol. The lowest BCUT2D eigenvalue weighted by Gasteiger charge is -2.36. The Bertz CT molecular complexity index is 678. The molecule has 0 saturated carbocycles. The highest BCUT2D eigenvalue weighted by Gasteiger charge is 2.32. The number of piperidine rings is 1. The van der Waals surface area contributed by atoms with Crippen molar-refractivity contribution < 1.29 is 22.8 Å². The van der Waals surface area contributed by atoms with E-state index in [-0.39, 0.29) is 29.3 Å². The number of hydrogen-bond donors (Lipinski definition) is 0. The fourth-order valence-corrected chi connectivity index (χ4v) is 3.70. The Morgan fingerprint density at radius 2 is 1.69 bits per heavy atom. The lowest BCUT2D eigenvalue weighted by Crippen LogP contribution is -2.46. The lowest BCUT2D eigenvalue weighted by atomic mass is 9.94. The van der Waals surface area contributed by atoms with Gasteiger partial charge in [0.15, 0.2) is 0 Å². The van der Waals surface area contributed by atoms with Crippen LogP contribution in [0, 0.1) is 5.92 Å². The second-order valence-electron chi connectivity index (χ2n) is 7.97. The van der Waals surface area contributed by atoms with Crippen molar-refractivity contribution in [2.75, 3.05) is 19.6 Å². The van der Waals surface area contributed by atoms with Crippen molar-refractivity contribution in [1.82, 2.24) is 9.80 Å². The number of halogens is 3. The van der Waals surface area contributed by atoms with Gasteiger partial charge in [0.2, 0.25) is 5.91 Å². The number of amides is 2. The Hall–Kier alpha value is -2.05. The number of rotatable bonds is 7. The molecular weight excluding hydrogens is 381 g/mol. The van der Waals surface area contributed by atoms with Crippen LogP contribution >= 0.6 is 0 Å². The monoisotopic (exact) mass is 412 g/mol. The minimum Gasteiger partial charge on any atom is -0.340 e. The van der Waals surface area contributed by atoms with Crippen LogP contribution in [0.25, 0.3) is 0 Å². The zero-order valence-corrected chi connectivity index (χ0v) is 17.5. The second-order valence-corrected chi connectivity index (χ2v) is 7.97. The molecule has 2 rings (SSSR count). The summed E-state index contributed by atoms with van der Waals surface area (Å²) in [5.74, 6) is -0.235. The molecule has 1 aliphatic heterocycles. The number of nitrogens with zero attached hydrogens (tertiary/aromatic N) is 2. The molecule has 7 heteroatoms. The summed E-state index contributed by atoms with van der Waals surface area (Å²) in [5.41, 5.74) is -0.527. The zero-order valence-electron chi connectivity index (χ0n) is 17.5. The van der Waals surface area contributed by atoms with Crippen LogP contribution in [0.4, 0.5) is 13.2 Å². The van der Waals surface area contributed by atoms with Gasteiger partial charge in [-0.15, -0.1) is 0 Å². The van der Waals surface area contributed by atoms with Gasteiger partial charge in [0, 0.05) is 37.2 Å². The first-order valence-corrected chi connectivity index (χ1v) is 10.4. The summed E-state index contributed by atoms with van der Waals surface area (Å²) in [6, 6.07) is 4.44. The Kier molecular flexibility index (Phi) is 8.11. The third-order valence-electron chi connectivity index (χ3n) is 5.50. The van der Waals surface area contributed by atoms with E-state index in [2.05, 4.69) is 6.92 Å². The highest BCUT2D eigenvalue weighted by atomic mass is 19.4. The zero-order chi connectivity index (χ0) is 21.6. The fraction of sp³-hybridized carbons (Fsp3) is 0.636. The lowest BCUT2D eigenvalue weighted by molar-refractivity contribution is -0.139. The highest BCUT2D eigenvalue weighted by molar-refractivity contribution is 5.94. The van der Waals surface area contributed by atoms with Crippen molar-refractivity contribution in [2.24, 2.45) is 5.92 Å². The van der Waals surface area contributed by atoms with Crippen LogP contribution in [0.15, 0.2) is 24.3 Å². The van der Waals surface area contributed by atoms with E-state index in [1.807, 2.05) is 18.7 Å². The maximum Gasteiger partial charge on any atom is 0.416 e. The fourth-order valence-electron chi connectivity index (χ4n) is 3.70. The number of unbranched alkanes of at least 4 members (excludes halogenated alkanes) is 2. The molecule has 1 aromatic rings. The van der Waals surface area contributed by atoms with Crippen molar-refractivity contribution in [3.05, 3.63) is 35.4 Å². The van der Waals surface area contributed by atoms with Crippen LogP contribution in [-0.2, 0) is 11.0 Å². The molecule has 0 N–H and O–H groups in total. The standard InChI is InChI=1S/C22H31F3N2O2/c1-4-5-6-13-27(16(2)3)21(29)18-11-14-26(15-12-18)20(28)17-7-9-19(10-8-17)22(23,24)25/h7-10,16,18H,4-6,11-15H2,1-3H3. The van der Waals surface area contributed by atoms with Crippen LogP contribution in [-0.4, -0.2) is 47.3 Å². The molecule has 1 heterocycles. The molecule has 4 nitrogen and oxygen atoms in total. The number of carbonyl (C=O) groups is 2. The average Bonchev–Trinajstić information content (AvgIpc) is 2.69. The molecule has 1 fully saturated rings. The Labute approximate surface area is 171 Å². The minimum atomic E-state index is -4.42. The summed E-state index contributed by atoms with van der Waals surface area (Å²) in [4.78, 5) is 29.1. The van der Waals surface area contributed by atoms with Gasteiger partial charge < -0.3 is 9.80 Å². The molecule has 1 saturated heterocycles. The van der Waals surface area contributed by atoms with E-state index < -0.39 is 11.7 Å². The quantitative estimate of drug-likeness (QED) is 0.593. The molecule has 0 unspecified atom stereocenters. The van der Waals surface area contributed by atoms with Gasteiger partial charge in [-0.25, -0.2) is 0 Å². The summed E-state index contributed by atoms with van der Waals surface area (Å²) >= 11 is 0. The predicted octanol–water partition coefficient (Wildman–Crippen LogP) is 4.98. The molecule has 162 valence electrons. The van der Waals surface area contributed by atoms with Crippen LogP contribution in [0.1, 0.15) is 68.8 Å². The van der Waals surface area contributed by atoms with Crippen molar-refractivity contribution in [1.29, 1.82) is 0 Å². The molecule has 0 spiro atoms. The van der Waals surface area contributed by atoms with E-state index in [1.165, 1.54) is 12.1 Å². The molecule has 1 aromatic carbocycles. The average molecular weight is 412 g/mol. The van der Waals surface area contributed by atoms with E-state index in [4.69, 9.17) is 0 Å². The van der Waals surface area contributed by atoms with E-state index in [9.17, 15) is 22.8 Å². The first-order chi connectivity index (χ1) is 13.6. The normalized spacial score (nSPS) is 15.6. The SMILES string of the molecule is CCCCCN(C(=O)C1CCN(C(=O)c2ccc(C(F)(F)F)cc2)CC1)C(C)C. The maximum absolute atomic E-state index is 12.9. The molecule has 29 heavy (non-hydrogen) atoms. The molecule has 0 bridgehead atoms. The van der Waals surface area contributed by atoms with Gasteiger partial charge in [-0.2, -0.15) is 13.2 Å². The smallest absolute Gasteiger partial charge is 0.340 e. The summed E-state index contributed by atoms with van der Waals surface area (Å²) < 4.78 is 38.0. The van der Waals surface area contributed by atoms with Gasteiger partial charge in [-0.1, -0.05) is 19.8 Å². The van der Waals surface area contributed by atoms with Gasteiger partial charge in [-0.3, -0.25) is 9.59 Å². The Morgan fingerprint density at radius 1 is 1.10 bits per heavy atom. The van der Waals surface area contributed by atoms with Crippen molar-refractivity contribution in [2.45, 2.75) is 65.1 Å². The number of carbonyl (C=O) groups excluding carboxylic acids is 2. The molecule has 2 amide bonds. The van der Waals surface area contributed by atoms with Gasteiger partial charge in [0.25, 0.3) is 5.91 Å². The molecule has 0 radical (unpaired) electrons. The molecule has 0 aromatic heterocycles. The number of hydrogen-bond acceptors (Lipinski definition) is 2. The van der Waals surface area contributed by atoms with Crippen LogP contribution in [0.5, 0.6) is 0 Å². The summed E-state index contributed by atoms with van der Waals surface area (Å²) in [6.45, 7) is 7.81. The highest BCUT2D eigenvalue weighted by Crippen LogP contribution is 2.29. The Morgan fingerprint density at radius 3 is 2.17 bits per heavy atom. The van der Waals surface area contributed by atoms with E-state index in [0.29, 0.717) is 25.9 Å². The van der Waals surface area contributed by atoms with Crippen LogP contribution in [0.3, 0.4) is 0 Å². The molecule has 0 aliphatic carbocycles. The van der Waals surface area contributed by atoms with Gasteiger partial charge in [0.05, 0.1) is 5.56 Å². The number of benzene rings is 1. The van der Waals surface area contributed by atoms with Crippen molar-refractivity contribution in [3.8, 4) is 0 Å². The Balaban J connectivity index is 1.93. The number of likely N-dealkylation sites (tertiary alicyclic amines) is 1. The van der Waals surface area contributed by atoms with E-state index >= 15 is 0 Å². The van der Waals surface area contributed by atoms with Crippen molar-refractivity contribution in [3.63, 3.8) is 0 Å². The topological polar surface area (TPSA) is 40.6 Å². The van der Waals surface area contributed by atoms with Crippen LogP contribution in [0.2, 0.25) is 0 Å². The van der Waals surface area contributed by atoms with E-state index in [1.54, 1.807) is 4.90 Å². The summed E-state index contributed by atoms with van der Waals surface area (Å²) in [7, 11) is 0. The molecule has 1 aliphatic rings. The molecular formula is C22H31F3N2O2. The van der Waals surface area contributed by atoms with Crippen molar-refractivity contribution >= 4 is 11.8 Å². The second kappa shape index (κ2) is 10.1. The number of alkyl halides is 3. The van der Waals surface area contributed by atoms with Crippen LogP contribution < -0.4 is 0 Å². The third-order valence-corrected chi connectivity index (χ3v) is 5.50. The largest absolute Gasteiger partial charge is 0.416 e. The first-order valence-electron chi connectivity index (χ1n) is 10.4. The molecule has 0 atom stereocenters. The van der Waals surface area contributed by atoms with Gasteiger partial charge >= 0.3 is 6.18 Å². The first kappa shape index (κ1) is 23.2. The summed E-state index contributed by atoms with van der Waals surface area (Å²) in [5, 5.41) is 0. The van der Waals surface area contributed by atoms with Gasteiger partial charge in [-0.05, 0) is 57.4 Å². The minimum absolute atomic E-state index is 0.101.